The molecule has 0 saturated heterocycles. The summed E-state index contributed by atoms with van der Waals surface area (Å²) in [4.78, 5) is 13.8. The fourth-order valence-electron chi connectivity index (χ4n) is 13.8. The zero-order chi connectivity index (χ0) is 51.3. The first-order chi connectivity index (χ1) is 33.6. The Kier molecular flexibility index (Phi) is 17.4. The lowest BCUT2D eigenvalue weighted by molar-refractivity contribution is -0.129. The number of hydrogen-bond acceptors (Lipinski definition) is 6. The molecule has 0 radical (unpaired) electrons. The van der Waals surface area contributed by atoms with Crippen molar-refractivity contribution in [1.29, 1.82) is 0 Å². The summed E-state index contributed by atoms with van der Waals surface area (Å²) in [7, 11) is -4.64. The number of benzene rings is 4. The predicted molar refractivity (Wildman–Crippen MR) is 299 cm³/mol. The smallest absolute Gasteiger partial charge is 0.261 e. The van der Waals surface area contributed by atoms with Gasteiger partial charge in [-0.05, 0) is 125 Å². The van der Waals surface area contributed by atoms with Gasteiger partial charge in [-0.25, -0.2) is 0 Å². The van der Waals surface area contributed by atoms with E-state index < -0.39 is 28.3 Å². The Labute approximate surface area is 431 Å². The van der Waals surface area contributed by atoms with Crippen LogP contribution in [0.15, 0.2) is 145 Å². The highest BCUT2D eigenvalue weighted by atomic mass is 28.4. The zero-order valence-electron chi connectivity index (χ0n) is 45.6. The lowest BCUT2D eigenvalue weighted by atomic mass is 9.60. The first-order valence-electron chi connectivity index (χ1n) is 26.9. The van der Waals surface area contributed by atoms with Gasteiger partial charge in [0.2, 0.25) is 0 Å². The molecule has 6 nitrogen and oxygen atoms in total. The van der Waals surface area contributed by atoms with Gasteiger partial charge in [-0.15, -0.1) is 0 Å². The van der Waals surface area contributed by atoms with Gasteiger partial charge in [-0.1, -0.05) is 207 Å². The Morgan fingerprint density at radius 2 is 1.24 bits per heavy atom. The maximum absolute atomic E-state index is 13.9. The summed E-state index contributed by atoms with van der Waals surface area (Å²) in [6.45, 7) is 25.2. The zero-order valence-corrected chi connectivity index (χ0v) is 47.6. The molecule has 4 aromatic rings. The van der Waals surface area contributed by atoms with Crippen molar-refractivity contribution in [2.75, 3.05) is 13.9 Å². The second kappa shape index (κ2) is 22.4. The molecule has 0 aliphatic heterocycles. The Morgan fingerprint density at radius 1 is 0.746 bits per heavy atom. The maximum atomic E-state index is 13.9. The van der Waals surface area contributed by atoms with E-state index in [0.29, 0.717) is 37.4 Å². The summed E-state index contributed by atoms with van der Waals surface area (Å²) < 4.78 is 27.4. The average Bonchev–Trinajstić information content (AvgIpc) is 3.69. The van der Waals surface area contributed by atoms with Gasteiger partial charge in [0.05, 0.1) is 17.8 Å². The van der Waals surface area contributed by atoms with Crippen LogP contribution >= 0.6 is 0 Å². The van der Waals surface area contributed by atoms with Gasteiger partial charge in [0.25, 0.3) is 16.6 Å². The molecule has 3 saturated carbocycles. The Morgan fingerprint density at radius 3 is 1.70 bits per heavy atom. The number of hydrogen-bond donors (Lipinski definition) is 1. The normalized spacial score (nSPS) is 26.1. The van der Waals surface area contributed by atoms with Gasteiger partial charge in [0.15, 0.2) is 0 Å². The third kappa shape index (κ3) is 11.5. The van der Waals surface area contributed by atoms with Crippen molar-refractivity contribution < 1.29 is 28.2 Å². The number of rotatable bonds is 19. The molecular weight excluding hydrogens is 909 g/mol. The van der Waals surface area contributed by atoms with Gasteiger partial charge in [-0.3, -0.25) is 4.79 Å². The van der Waals surface area contributed by atoms with E-state index in [9.17, 15) is 9.90 Å². The summed E-state index contributed by atoms with van der Waals surface area (Å²) >= 11 is 0. The number of methoxy groups -OCH3 is 1. The van der Waals surface area contributed by atoms with E-state index in [2.05, 4.69) is 203 Å². The standard InChI is InChI=1S/C63H88O6Si2/c1-47(27-25-41-61(9,10)67-46-66-12)56-39-40-57-49(28-26-42-62(56,57)11)37-38-50-43-51(68-70(59(3,4)5,52-29-17-13-18-30-52)53-31-19-14-20-32-53)44-58(63(50,65)45-48(2)64)69-71(60(6,7)8,54-33-21-15-22-34-54)55-35-23-16-24-36-55/h13-24,29-38,47,51,56-58,65H,25-28,39-46H2,1-12H3/b49-37+,50-38+/t47-,51-,56-,57+,58+,62-,63-/m1/s1. The molecule has 3 aliphatic carbocycles. The van der Waals surface area contributed by atoms with Crippen LogP contribution in [0.25, 0.3) is 0 Å². The lowest BCUT2D eigenvalue weighted by Crippen LogP contribution is -2.71. The molecule has 0 bridgehead atoms. The fraction of sp³-hybridized carbons (Fsp3) is 0.540. The van der Waals surface area contributed by atoms with Crippen LogP contribution in [-0.2, 0) is 23.1 Å². The van der Waals surface area contributed by atoms with Crippen LogP contribution in [0, 0.1) is 23.2 Å². The molecule has 7 rings (SSSR count). The molecule has 4 aromatic carbocycles. The van der Waals surface area contributed by atoms with Crippen molar-refractivity contribution in [3.63, 3.8) is 0 Å². The van der Waals surface area contributed by atoms with Gasteiger partial charge >= 0.3 is 0 Å². The highest BCUT2D eigenvalue weighted by molar-refractivity contribution is 7.00. The van der Waals surface area contributed by atoms with Crippen LogP contribution in [-0.4, -0.2) is 64.8 Å². The number of aliphatic hydroxyl groups is 1. The minimum atomic E-state index is -3.26. The van der Waals surface area contributed by atoms with Crippen molar-refractivity contribution in [2.24, 2.45) is 23.2 Å². The van der Waals surface area contributed by atoms with Crippen LogP contribution < -0.4 is 20.7 Å². The number of Topliss-reactive ketones (excluding diaryl/α,β-unsaturated/α-hetero) is 1. The lowest BCUT2D eigenvalue weighted by Gasteiger charge is -2.53. The highest BCUT2D eigenvalue weighted by Crippen LogP contribution is 2.60. The van der Waals surface area contributed by atoms with E-state index in [1.807, 2.05) is 0 Å². The minimum absolute atomic E-state index is 0.0368. The van der Waals surface area contributed by atoms with E-state index >= 15 is 0 Å². The van der Waals surface area contributed by atoms with Crippen molar-refractivity contribution in [3.8, 4) is 0 Å². The summed E-state index contributed by atoms with van der Waals surface area (Å²) in [5, 5.41) is 18.0. The molecule has 3 fully saturated rings. The van der Waals surface area contributed by atoms with Gasteiger partial charge < -0.3 is 23.4 Å². The molecular formula is C63H88O6Si2. The summed E-state index contributed by atoms with van der Waals surface area (Å²) in [6.07, 6.45) is 13.6. The van der Waals surface area contributed by atoms with E-state index in [0.717, 1.165) is 41.6 Å². The molecule has 7 atom stereocenters. The molecule has 71 heavy (non-hydrogen) atoms. The molecule has 384 valence electrons. The number of fused-ring (bicyclic) bond motifs is 1. The van der Waals surface area contributed by atoms with Crippen LogP contribution in [0.2, 0.25) is 10.1 Å². The molecule has 0 amide bonds. The van der Waals surface area contributed by atoms with Crippen LogP contribution in [0.3, 0.4) is 0 Å². The summed E-state index contributed by atoms with van der Waals surface area (Å²) in [6, 6.07) is 43.2. The Balaban J connectivity index is 1.35. The van der Waals surface area contributed by atoms with Crippen LogP contribution in [0.1, 0.15) is 147 Å². The van der Waals surface area contributed by atoms with E-state index in [4.69, 9.17) is 18.3 Å². The van der Waals surface area contributed by atoms with Crippen LogP contribution in [0.5, 0.6) is 0 Å². The summed E-state index contributed by atoms with van der Waals surface area (Å²) in [5.74, 6) is 1.67. The number of allylic oxidation sites excluding steroid dienone is 3. The molecule has 0 heterocycles. The monoisotopic (exact) mass is 997 g/mol. The molecule has 3 aliphatic rings. The van der Waals surface area contributed by atoms with Crippen LogP contribution in [0.4, 0.5) is 0 Å². The Hall–Kier alpha value is -3.74. The number of ketones is 1. The fourth-order valence-corrected chi connectivity index (χ4v) is 23.2. The van der Waals surface area contributed by atoms with E-state index in [-0.39, 0.29) is 39.4 Å². The molecule has 0 aromatic heterocycles. The molecule has 8 heteroatoms. The molecule has 1 N–H and O–H groups in total. The Bertz CT molecular complexity index is 2330. The maximum Gasteiger partial charge on any atom is 0.261 e. The molecule has 0 unspecified atom stereocenters. The number of ether oxygens (including phenoxy) is 2. The van der Waals surface area contributed by atoms with E-state index in [1.54, 1.807) is 14.0 Å². The van der Waals surface area contributed by atoms with Gasteiger partial charge in [0, 0.05) is 20.0 Å². The van der Waals surface area contributed by atoms with Gasteiger partial charge in [-0.2, -0.15) is 0 Å². The topological polar surface area (TPSA) is 74.2 Å². The SMILES string of the molecule is COCOC(C)(C)CCC[C@@H](C)[C@H]1CC[C@H]2/C(=C/C=C3\C[C@@H](O[Si](c4ccccc4)(c4ccccc4)C(C)(C)C)C[C@H](O[Si](c4ccccc4)(c4ccccc4)C(C)(C)C)[C@@]3(O)CC(C)=O)CCC[C@]12C. The van der Waals surface area contributed by atoms with Crippen molar-refractivity contribution in [2.45, 2.75) is 180 Å². The van der Waals surface area contributed by atoms with E-state index in [1.165, 1.54) is 41.6 Å². The first kappa shape index (κ1) is 55.0. The minimum Gasteiger partial charge on any atom is -0.404 e. The quantitative estimate of drug-likeness (QED) is 0.0745. The summed E-state index contributed by atoms with van der Waals surface area (Å²) in [5.41, 5.74) is 0.747. The number of carbonyl (C=O) groups is 1. The average molecular weight is 998 g/mol. The van der Waals surface area contributed by atoms with Crippen molar-refractivity contribution in [3.05, 3.63) is 145 Å². The second-order valence-corrected chi connectivity index (χ2v) is 33.1. The largest absolute Gasteiger partial charge is 0.404 e. The van der Waals surface area contributed by atoms with Crippen molar-refractivity contribution >= 4 is 43.2 Å². The third-order valence-electron chi connectivity index (χ3n) is 17.3. The highest BCUT2D eigenvalue weighted by Gasteiger charge is 2.59. The van der Waals surface area contributed by atoms with Gasteiger partial charge in [0.1, 0.15) is 18.2 Å². The second-order valence-electron chi connectivity index (χ2n) is 24.6. The predicted octanol–water partition coefficient (Wildman–Crippen LogP) is 12.7. The number of carbonyl (C=O) groups excluding carboxylic acids is 1. The van der Waals surface area contributed by atoms with Crippen molar-refractivity contribution in [1.82, 2.24) is 0 Å². The third-order valence-corrected chi connectivity index (χ3v) is 27.4. The first-order valence-corrected chi connectivity index (χ1v) is 30.8. The molecule has 0 spiro atoms.